The topological polar surface area (TPSA) is 76.5 Å². The largest absolute Gasteiger partial charge is 0.484 e. The van der Waals surface area contributed by atoms with Gasteiger partial charge in [-0.1, -0.05) is 11.6 Å². The lowest BCUT2D eigenvalue weighted by Gasteiger charge is -2.32. The Balaban J connectivity index is 1.37. The summed E-state index contributed by atoms with van der Waals surface area (Å²) in [6.07, 6.45) is 4.97. The Morgan fingerprint density at radius 2 is 1.96 bits per heavy atom. The third-order valence-electron chi connectivity index (χ3n) is 4.66. The molecule has 0 aliphatic carbocycles. The minimum atomic E-state index is -0.113. The number of likely N-dealkylation sites (tertiary alicyclic amines) is 1. The Hall–Kier alpha value is -2.54. The van der Waals surface area contributed by atoms with Crippen molar-refractivity contribution in [2.75, 3.05) is 26.2 Å². The van der Waals surface area contributed by atoms with Gasteiger partial charge in [0.2, 0.25) is 0 Å². The number of rotatable bonds is 6. The minimum Gasteiger partial charge on any atom is -0.484 e. The SMILES string of the molecule is Cn1cc(C(=O)NCC2CCN(C(=O)COc3ccc(Cl)cc3)CC2)cn1. The predicted octanol–water partition coefficient (Wildman–Crippen LogP) is 2.12. The maximum absolute atomic E-state index is 12.3. The molecular formula is C19H23ClN4O3. The standard InChI is InChI=1S/C19H23ClN4O3/c1-23-12-15(11-22-23)19(26)21-10-14-6-8-24(9-7-14)18(25)13-27-17-4-2-16(20)3-5-17/h2-5,11-12,14H,6-10,13H2,1H3,(H,21,26). The second-order valence-corrected chi connectivity index (χ2v) is 7.12. The van der Waals surface area contributed by atoms with Crippen molar-refractivity contribution < 1.29 is 14.3 Å². The highest BCUT2D eigenvalue weighted by molar-refractivity contribution is 6.30. The molecular weight excluding hydrogens is 368 g/mol. The lowest BCUT2D eigenvalue weighted by atomic mass is 9.96. The molecule has 1 fully saturated rings. The lowest BCUT2D eigenvalue weighted by Crippen LogP contribution is -2.43. The van der Waals surface area contributed by atoms with Gasteiger partial charge in [-0.2, -0.15) is 5.10 Å². The monoisotopic (exact) mass is 390 g/mol. The average Bonchev–Trinajstić information content (AvgIpc) is 3.12. The molecule has 0 radical (unpaired) electrons. The minimum absolute atomic E-state index is 0.0179. The van der Waals surface area contributed by atoms with E-state index in [1.807, 2.05) is 4.90 Å². The number of nitrogens with zero attached hydrogens (tertiary/aromatic N) is 3. The first-order valence-electron chi connectivity index (χ1n) is 8.94. The third kappa shape index (κ3) is 5.47. The molecule has 0 bridgehead atoms. The number of aryl methyl sites for hydroxylation is 1. The number of piperidine rings is 1. The molecule has 1 saturated heterocycles. The van der Waals surface area contributed by atoms with Crippen molar-refractivity contribution in [2.24, 2.45) is 13.0 Å². The fourth-order valence-corrected chi connectivity index (χ4v) is 3.16. The molecule has 0 unspecified atom stereocenters. The van der Waals surface area contributed by atoms with E-state index in [0.29, 0.717) is 41.9 Å². The first kappa shape index (κ1) is 19.2. The van der Waals surface area contributed by atoms with Crippen molar-refractivity contribution in [3.63, 3.8) is 0 Å². The van der Waals surface area contributed by atoms with Gasteiger partial charge < -0.3 is 15.0 Å². The molecule has 1 aromatic heterocycles. The Bertz CT molecular complexity index is 783. The van der Waals surface area contributed by atoms with Crippen molar-refractivity contribution in [2.45, 2.75) is 12.8 Å². The van der Waals surface area contributed by atoms with Crippen LogP contribution in [-0.2, 0) is 11.8 Å². The summed E-state index contributed by atoms with van der Waals surface area (Å²) >= 11 is 5.83. The number of hydrogen-bond donors (Lipinski definition) is 1. The van der Waals surface area contributed by atoms with Gasteiger partial charge in [-0.15, -0.1) is 0 Å². The van der Waals surface area contributed by atoms with Crippen molar-refractivity contribution in [3.05, 3.63) is 47.2 Å². The summed E-state index contributed by atoms with van der Waals surface area (Å²) in [7, 11) is 1.78. The van der Waals surface area contributed by atoms with Gasteiger partial charge in [-0.25, -0.2) is 0 Å². The summed E-state index contributed by atoms with van der Waals surface area (Å²) in [5.74, 6) is 0.855. The highest BCUT2D eigenvalue weighted by atomic mass is 35.5. The summed E-state index contributed by atoms with van der Waals surface area (Å²) in [4.78, 5) is 26.2. The van der Waals surface area contributed by atoms with Crippen LogP contribution in [0.1, 0.15) is 23.2 Å². The molecule has 144 valence electrons. The number of halogens is 1. The van der Waals surface area contributed by atoms with Gasteiger partial charge in [0, 0.05) is 37.9 Å². The number of aromatic nitrogens is 2. The van der Waals surface area contributed by atoms with Gasteiger partial charge in [-0.3, -0.25) is 14.3 Å². The molecule has 1 aliphatic heterocycles. The molecule has 1 aliphatic rings. The first-order valence-corrected chi connectivity index (χ1v) is 9.32. The first-order chi connectivity index (χ1) is 13.0. The Kier molecular flexibility index (Phi) is 6.34. The lowest BCUT2D eigenvalue weighted by molar-refractivity contribution is -0.134. The van der Waals surface area contributed by atoms with Crippen LogP contribution >= 0.6 is 11.6 Å². The number of carbonyl (C=O) groups excluding carboxylic acids is 2. The summed E-state index contributed by atoms with van der Waals surface area (Å²) < 4.78 is 7.12. The van der Waals surface area contributed by atoms with E-state index >= 15 is 0 Å². The van der Waals surface area contributed by atoms with E-state index < -0.39 is 0 Å². The number of nitrogens with one attached hydrogen (secondary N) is 1. The maximum Gasteiger partial charge on any atom is 0.260 e. The van der Waals surface area contributed by atoms with Gasteiger partial charge in [-0.05, 0) is 43.0 Å². The van der Waals surface area contributed by atoms with Crippen LogP contribution in [0.5, 0.6) is 5.75 Å². The summed E-state index contributed by atoms with van der Waals surface area (Å²) in [5.41, 5.74) is 0.560. The van der Waals surface area contributed by atoms with Crippen LogP contribution in [0.3, 0.4) is 0 Å². The van der Waals surface area contributed by atoms with Gasteiger partial charge in [0.1, 0.15) is 5.75 Å². The van der Waals surface area contributed by atoms with E-state index in [1.165, 1.54) is 0 Å². The van der Waals surface area contributed by atoms with E-state index in [-0.39, 0.29) is 18.4 Å². The normalized spacial score (nSPS) is 14.8. The Labute approximate surface area is 163 Å². The zero-order valence-corrected chi connectivity index (χ0v) is 16.0. The number of hydrogen-bond acceptors (Lipinski definition) is 4. The van der Waals surface area contributed by atoms with Crippen LogP contribution in [0.25, 0.3) is 0 Å². The molecule has 0 saturated carbocycles. The molecule has 2 heterocycles. The molecule has 1 N–H and O–H groups in total. The molecule has 1 aromatic carbocycles. The molecule has 0 atom stereocenters. The number of benzene rings is 1. The number of carbonyl (C=O) groups is 2. The van der Waals surface area contributed by atoms with Crippen molar-refractivity contribution >= 4 is 23.4 Å². The third-order valence-corrected chi connectivity index (χ3v) is 4.91. The van der Waals surface area contributed by atoms with E-state index in [1.54, 1.807) is 48.4 Å². The second kappa shape index (κ2) is 8.90. The van der Waals surface area contributed by atoms with E-state index in [9.17, 15) is 9.59 Å². The quantitative estimate of drug-likeness (QED) is 0.819. The van der Waals surface area contributed by atoms with Crippen LogP contribution in [0.2, 0.25) is 5.02 Å². The summed E-state index contributed by atoms with van der Waals surface area (Å²) in [5, 5.41) is 7.58. The molecule has 27 heavy (non-hydrogen) atoms. The smallest absolute Gasteiger partial charge is 0.260 e. The zero-order valence-electron chi connectivity index (χ0n) is 15.2. The highest BCUT2D eigenvalue weighted by Gasteiger charge is 2.23. The fraction of sp³-hybridized carbons (Fsp3) is 0.421. The number of ether oxygens (including phenoxy) is 1. The van der Waals surface area contributed by atoms with Crippen LogP contribution < -0.4 is 10.1 Å². The van der Waals surface area contributed by atoms with Crippen LogP contribution in [0.15, 0.2) is 36.7 Å². The van der Waals surface area contributed by atoms with Gasteiger partial charge in [0.25, 0.3) is 11.8 Å². The molecule has 2 aromatic rings. The highest BCUT2D eigenvalue weighted by Crippen LogP contribution is 2.18. The maximum atomic E-state index is 12.3. The molecule has 2 amide bonds. The van der Waals surface area contributed by atoms with Gasteiger partial charge >= 0.3 is 0 Å². The predicted molar refractivity (Wildman–Crippen MR) is 102 cm³/mol. The van der Waals surface area contributed by atoms with Gasteiger partial charge in [0.15, 0.2) is 6.61 Å². The van der Waals surface area contributed by atoms with Crippen molar-refractivity contribution in [3.8, 4) is 5.75 Å². The molecule has 3 rings (SSSR count). The molecule has 7 nitrogen and oxygen atoms in total. The van der Waals surface area contributed by atoms with Gasteiger partial charge in [0.05, 0.1) is 11.8 Å². The average molecular weight is 391 g/mol. The van der Waals surface area contributed by atoms with Crippen molar-refractivity contribution in [1.82, 2.24) is 20.0 Å². The van der Waals surface area contributed by atoms with E-state index in [0.717, 1.165) is 12.8 Å². The Morgan fingerprint density at radius 3 is 2.59 bits per heavy atom. The van der Waals surface area contributed by atoms with E-state index in [4.69, 9.17) is 16.3 Å². The Morgan fingerprint density at radius 1 is 1.26 bits per heavy atom. The van der Waals surface area contributed by atoms with Crippen LogP contribution in [-0.4, -0.2) is 52.7 Å². The van der Waals surface area contributed by atoms with Crippen LogP contribution in [0.4, 0.5) is 0 Å². The summed E-state index contributed by atoms with van der Waals surface area (Å²) in [6.45, 7) is 1.98. The number of amides is 2. The second-order valence-electron chi connectivity index (χ2n) is 6.68. The summed E-state index contributed by atoms with van der Waals surface area (Å²) in [6, 6.07) is 6.94. The fourth-order valence-electron chi connectivity index (χ4n) is 3.03. The molecule has 0 spiro atoms. The zero-order chi connectivity index (χ0) is 19.2. The van der Waals surface area contributed by atoms with Crippen LogP contribution in [0, 0.1) is 5.92 Å². The van der Waals surface area contributed by atoms with Crippen molar-refractivity contribution in [1.29, 1.82) is 0 Å². The molecule has 8 heteroatoms. The van der Waals surface area contributed by atoms with E-state index in [2.05, 4.69) is 10.4 Å².